The fourth-order valence-electron chi connectivity index (χ4n) is 3.27. The summed E-state index contributed by atoms with van der Waals surface area (Å²) in [7, 11) is 1.31. The molecule has 1 aliphatic rings. The number of amides is 2. The Kier molecular flexibility index (Phi) is 6.66. The average molecular weight is 398 g/mol. The van der Waals surface area contributed by atoms with Gasteiger partial charge >= 0.3 is 12.0 Å². The summed E-state index contributed by atoms with van der Waals surface area (Å²) in [6.07, 6.45) is 2.10. The largest absolute Gasteiger partial charge is 0.465 e. The van der Waals surface area contributed by atoms with E-state index in [1.54, 1.807) is 30.5 Å². The Labute approximate surface area is 170 Å². The van der Waals surface area contributed by atoms with Crippen LogP contribution in [0.3, 0.4) is 0 Å². The van der Waals surface area contributed by atoms with Crippen LogP contribution in [-0.4, -0.2) is 49.4 Å². The second-order valence-electron chi connectivity index (χ2n) is 7.07. The summed E-state index contributed by atoms with van der Waals surface area (Å²) in [5.74, 6) is 0.448. The highest BCUT2D eigenvalue weighted by atomic mass is 16.5. The molecule has 0 radical (unpaired) electrons. The molecule has 2 aromatic rings. The summed E-state index contributed by atoms with van der Waals surface area (Å²) in [6, 6.07) is 10.1. The number of morpholine rings is 1. The van der Waals surface area contributed by atoms with Crippen molar-refractivity contribution in [2.75, 3.05) is 30.4 Å². The van der Waals surface area contributed by atoms with E-state index in [1.807, 2.05) is 12.1 Å². The van der Waals surface area contributed by atoms with Gasteiger partial charge in [0.25, 0.3) is 0 Å². The van der Waals surface area contributed by atoms with Gasteiger partial charge in [-0.05, 0) is 43.7 Å². The van der Waals surface area contributed by atoms with Crippen LogP contribution >= 0.6 is 0 Å². The molecule has 8 heteroatoms. The molecule has 2 heterocycles. The van der Waals surface area contributed by atoms with Crippen molar-refractivity contribution in [3.05, 3.63) is 53.7 Å². The van der Waals surface area contributed by atoms with Crippen LogP contribution in [0.25, 0.3) is 0 Å². The Bertz CT molecular complexity index is 846. The number of nitrogens with zero attached hydrogens (tertiary/aromatic N) is 2. The standard InChI is InChI=1S/C21H26N4O4/c1-14-12-25(13-15(2)29-14)19-8-7-16(10-22-19)11-23-21(27)24-18-6-4-5-17(9-18)20(26)28-3/h4-10,14-15H,11-13H2,1-3H3,(H2,23,24,27). The van der Waals surface area contributed by atoms with E-state index in [0.29, 0.717) is 17.8 Å². The number of rotatable bonds is 5. The smallest absolute Gasteiger partial charge is 0.337 e. The van der Waals surface area contributed by atoms with Crippen LogP contribution in [0.15, 0.2) is 42.6 Å². The first kappa shape index (κ1) is 20.6. The molecule has 1 fully saturated rings. The molecule has 1 aromatic carbocycles. The minimum Gasteiger partial charge on any atom is -0.465 e. The summed E-state index contributed by atoms with van der Waals surface area (Å²) in [6.45, 7) is 6.07. The minimum atomic E-state index is -0.454. The highest BCUT2D eigenvalue weighted by Gasteiger charge is 2.22. The number of benzene rings is 1. The fraction of sp³-hybridized carbons (Fsp3) is 0.381. The van der Waals surface area contributed by atoms with Crippen molar-refractivity contribution in [1.82, 2.24) is 10.3 Å². The van der Waals surface area contributed by atoms with E-state index >= 15 is 0 Å². The van der Waals surface area contributed by atoms with E-state index in [4.69, 9.17) is 4.74 Å². The van der Waals surface area contributed by atoms with Crippen LogP contribution in [0.5, 0.6) is 0 Å². The molecule has 2 atom stereocenters. The van der Waals surface area contributed by atoms with E-state index < -0.39 is 5.97 Å². The van der Waals surface area contributed by atoms with Gasteiger partial charge in [0, 0.05) is 31.5 Å². The normalized spacial score (nSPS) is 18.8. The maximum atomic E-state index is 12.1. The Hall–Kier alpha value is -3.13. The van der Waals surface area contributed by atoms with Crippen LogP contribution in [0.2, 0.25) is 0 Å². The van der Waals surface area contributed by atoms with Crippen LogP contribution in [0, 0.1) is 0 Å². The molecule has 0 aliphatic carbocycles. The molecule has 2 N–H and O–H groups in total. The summed E-state index contributed by atoms with van der Waals surface area (Å²) in [5.41, 5.74) is 1.77. The van der Waals surface area contributed by atoms with Crippen LogP contribution in [0.1, 0.15) is 29.8 Å². The van der Waals surface area contributed by atoms with E-state index in [1.165, 1.54) is 7.11 Å². The number of aromatic nitrogens is 1. The molecule has 1 saturated heterocycles. The van der Waals surface area contributed by atoms with E-state index in [2.05, 4.69) is 39.1 Å². The van der Waals surface area contributed by atoms with Crippen molar-refractivity contribution in [2.24, 2.45) is 0 Å². The van der Waals surface area contributed by atoms with Crippen molar-refractivity contribution in [3.63, 3.8) is 0 Å². The molecular weight excluding hydrogens is 372 g/mol. The lowest BCUT2D eigenvalue weighted by atomic mass is 10.2. The molecule has 1 aliphatic heterocycles. The van der Waals surface area contributed by atoms with Crippen molar-refractivity contribution in [2.45, 2.75) is 32.6 Å². The average Bonchev–Trinajstić information content (AvgIpc) is 2.71. The SMILES string of the molecule is COC(=O)c1cccc(NC(=O)NCc2ccc(N3CC(C)OC(C)C3)nc2)c1. The van der Waals surface area contributed by atoms with Gasteiger partial charge in [-0.3, -0.25) is 0 Å². The molecular formula is C21H26N4O4. The number of pyridine rings is 1. The number of carbonyl (C=O) groups is 2. The molecule has 2 unspecified atom stereocenters. The number of hydrogen-bond acceptors (Lipinski definition) is 6. The number of ether oxygens (including phenoxy) is 2. The zero-order chi connectivity index (χ0) is 20.8. The van der Waals surface area contributed by atoms with E-state index in [0.717, 1.165) is 24.5 Å². The van der Waals surface area contributed by atoms with Crippen LogP contribution in [0.4, 0.5) is 16.3 Å². The van der Waals surface area contributed by atoms with E-state index in [-0.39, 0.29) is 18.2 Å². The first-order valence-electron chi connectivity index (χ1n) is 9.53. The molecule has 3 rings (SSSR count). The van der Waals surface area contributed by atoms with Crippen molar-refractivity contribution >= 4 is 23.5 Å². The predicted molar refractivity (Wildman–Crippen MR) is 110 cm³/mol. The number of esters is 1. The third kappa shape index (κ3) is 5.68. The van der Waals surface area contributed by atoms with Crippen LogP contribution in [-0.2, 0) is 16.0 Å². The second-order valence-corrected chi connectivity index (χ2v) is 7.07. The lowest BCUT2D eigenvalue weighted by molar-refractivity contribution is -0.00546. The summed E-state index contributed by atoms with van der Waals surface area (Å²) in [5, 5.41) is 5.49. The van der Waals surface area contributed by atoms with Gasteiger partial charge in [-0.25, -0.2) is 14.6 Å². The van der Waals surface area contributed by atoms with Gasteiger partial charge in [0.15, 0.2) is 0 Å². The van der Waals surface area contributed by atoms with Gasteiger partial charge in [0.2, 0.25) is 0 Å². The Morgan fingerprint density at radius 3 is 2.62 bits per heavy atom. The maximum absolute atomic E-state index is 12.1. The van der Waals surface area contributed by atoms with Gasteiger partial charge in [-0.15, -0.1) is 0 Å². The number of methoxy groups -OCH3 is 1. The topological polar surface area (TPSA) is 92.8 Å². The molecule has 0 saturated carbocycles. The minimum absolute atomic E-state index is 0.170. The van der Waals surface area contributed by atoms with Crippen molar-refractivity contribution in [3.8, 4) is 0 Å². The van der Waals surface area contributed by atoms with E-state index in [9.17, 15) is 9.59 Å². The highest BCUT2D eigenvalue weighted by Crippen LogP contribution is 2.18. The van der Waals surface area contributed by atoms with Gasteiger partial charge < -0.3 is 25.0 Å². The van der Waals surface area contributed by atoms with Gasteiger partial charge in [0.05, 0.1) is 24.9 Å². The maximum Gasteiger partial charge on any atom is 0.337 e. The molecule has 2 amide bonds. The lowest BCUT2D eigenvalue weighted by Crippen LogP contribution is -2.45. The summed E-state index contributed by atoms with van der Waals surface area (Å²) in [4.78, 5) is 30.4. The Morgan fingerprint density at radius 1 is 1.21 bits per heavy atom. The third-order valence-electron chi connectivity index (χ3n) is 4.55. The van der Waals surface area contributed by atoms with Gasteiger partial charge in [-0.2, -0.15) is 0 Å². The number of nitrogens with one attached hydrogen (secondary N) is 2. The fourth-order valence-corrected chi connectivity index (χ4v) is 3.27. The number of anilines is 2. The number of urea groups is 1. The monoisotopic (exact) mass is 398 g/mol. The summed E-state index contributed by atoms with van der Waals surface area (Å²) >= 11 is 0. The Morgan fingerprint density at radius 2 is 1.97 bits per heavy atom. The van der Waals surface area contributed by atoms with Crippen molar-refractivity contribution in [1.29, 1.82) is 0 Å². The zero-order valence-electron chi connectivity index (χ0n) is 16.8. The quantitative estimate of drug-likeness (QED) is 0.753. The molecule has 0 bridgehead atoms. The lowest BCUT2D eigenvalue weighted by Gasteiger charge is -2.36. The highest BCUT2D eigenvalue weighted by molar-refractivity contribution is 5.93. The van der Waals surface area contributed by atoms with Crippen LogP contribution < -0.4 is 15.5 Å². The zero-order valence-corrected chi connectivity index (χ0v) is 16.8. The first-order valence-corrected chi connectivity index (χ1v) is 9.53. The number of carbonyl (C=O) groups excluding carboxylic acids is 2. The molecule has 1 aromatic heterocycles. The predicted octanol–water partition coefficient (Wildman–Crippen LogP) is 2.80. The second kappa shape index (κ2) is 9.38. The summed E-state index contributed by atoms with van der Waals surface area (Å²) < 4.78 is 10.4. The molecule has 29 heavy (non-hydrogen) atoms. The number of hydrogen-bond donors (Lipinski definition) is 2. The Balaban J connectivity index is 1.52. The molecule has 154 valence electrons. The third-order valence-corrected chi connectivity index (χ3v) is 4.55. The molecule has 8 nitrogen and oxygen atoms in total. The first-order chi connectivity index (χ1) is 13.9. The van der Waals surface area contributed by atoms with Gasteiger partial charge in [0.1, 0.15) is 5.82 Å². The van der Waals surface area contributed by atoms with Crippen molar-refractivity contribution < 1.29 is 19.1 Å². The molecule has 0 spiro atoms. The van der Waals surface area contributed by atoms with Gasteiger partial charge in [-0.1, -0.05) is 12.1 Å².